The third-order valence-corrected chi connectivity index (χ3v) is 2.54. The maximum Gasteiger partial charge on any atom is 0.381 e. The lowest BCUT2D eigenvalue weighted by atomic mass is 10.1. The first kappa shape index (κ1) is 15.4. The Morgan fingerprint density at radius 1 is 1.10 bits per heavy atom. The van der Waals surface area contributed by atoms with Gasteiger partial charge in [-0.05, 0) is 17.2 Å². The molecule has 0 aliphatic carbocycles. The van der Waals surface area contributed by atoms with Crippen molar-refractivity contribution in [1.82, 2.24) is 0 Å². The fraction of sp³-hybridized carbons (Fsp3) is 0.125. The van der Waals surface area contributed by atoms with Gasteiger partial charge in [0.25, 0.3) is 0 Å². The Balaban J connectivity index is 0.000000200. The summed E-state index contributed by atoms with van der Waals surface area (Å²) in [5, 5.41) is 2.62. The van der Waals surface area contributed by atoms with E-state index in [1.54, 1.807) is 6.92 Å². The Labute approximate surface area is 117 Å². The molecule has 2 rings (SSSR count). The van der Waals surface area contributed by atoms with Gasteiger partial charge in [-0.3, -0.25) is 9.68 Å². The van der Waals surface area contributed by atoms with Crippen molar-refractivity contribution < 1.29 is 19.4 Å². The molecular weight excluding hydrogens is 256 g/mol. The molecule has 0 aromatic heterocycles. The van der Waals surface area contributed by atoms with Crippen LogP contribution in [0.1, 0.15) is 13.3 Å². The van der Waals surface area contributed by atoms with E-state index in [9.17, 15) is 9.59 Å². The summed E-state index contributed by atoms with van der Waals surface area (Å²) in [5.41, 5.74) is 0.266. The predicted molar refractivity (Wildman–Crippen MR) is 76.6 cm³/mol. The molecule has 0 bridgehead atoms. The molecule has 104 valence electrons. The van der Waals surface area contributed by atoms with Crippen LogP contribution in [0, 0.1) is 0 Å². The highest BCUT2D eigenvalue weighted by atomic mass is 17.2. The van der Waals surface area contributed by atoms with Crippen molar-refractivity contribution in [3.8, 4) is 0 Å². The van der Waals surface area contributed by atoms with Gasteiger partial charge >= 0.3 is 12.4 Å². The van der Waals surface area contributed by atoms with Crippen molar-refractivity contribution in [1.29, 1.82) is 0 Å². The highest BCUT2D eigenvalue weighted by Gasteiger charge is 2.06. The van der Waals surface area contributed by atoms with Crippen LogP contribution in [0.5, 0.6) is 0 Å². The van der Waals surface area contributed by atoms with Crippen LogP contribution in [0.4, 0.5) is 0 Å². The monoisotopic (exact) mass is 272 g/mol. The van der Waals surface area contributed by atoms with Crippen molar-refractivity contribution in [2.45, 2.75) is 13.3 Å². The Kier molecular flexibility index (Phi) is 6.54. The first-order chi connectivity index (χ1) is 9.69. The van der Waals surface area contributed by atoms with E-state index >= 15 is 0 Å². The molecular formula is C16H16O4. The Hall–Kier alpha value is -2.62. The molecule has 0 fully saturated rings. The van der Waals surface area contributed by atoms with Crippen molar-refractivity contribution in [2.24, 2.45) is 0 Å². The number of hydrogen-bond donors (Lipinski definition) is 0. The number of hydrogen-bond acceptors (Lipinski definition) is 4. The molecule has 0 saturated heterocycles. The van der Waals surface area contributed by atoms with Crippen LogP contribution in [0.3, 0.4) is 0 Å². The number of carbonyl (C=O) groups is 2. The van der Waals surface area contributed by atoms with Crippen LogP contribution in [-0.4, -0.2) is 12.4 Å². The van der Waals surface area contributed by atoms with Crippen LogP contribution in [0.25, 0.3) is 10.8 Å². The Morgan fingerprint density at radius 3 is 1.90 bits per heavy atom. The highest BCUT2D eigenvalue weighted by molar-refractivity contribution is 5.87. The largest absolute Gasteiger partial charge is 0.381 e. The summed E-state index contributed by atoms with van der Waals surface area (Å²) in [6.45, 7) is 5.12. The van der Waals surface area contributed by atoms with Crippen LogP contribution in [-0.2, 0) is 19.4 Å². The Morgan fingerprint density at radius 2 is 1.55 bits per heavy atom. The third kappa shape index (κ3) is 4.94. The van der Waals surface area contributed by atoms with Gasteiger partial charge in [0.2, 0.25) is 0 Å². The zero-order chi connectivity index (χ0) is 14.8. The smallest absolute Gasteiger partial charge is 0.251 e. The summed E-state index contributed by atoms with van der Waals surface area (Å²) in [4.78, 5) is 27.7. The quantitative estimate of drug-likeness (QED) is 0.370. The Bertz CT molecular complexity index is 524. The van der Waals surface area contributed by atoms with Crippen LogP contribution in [0.2, 0.25) is 0 Å². The lowest BCUT2D eigenvalue weighted by molar-refractivity contribution is -0.244. The molecule has 0 aliphatic rings. The van der Waals surface area contributed by atoms with E-state index < -0.39 is 5.97 Å². The first-order valence-corrected chi connectivity index (χ1v) is 6.12. The van der Waals surface area contributed by atoms with E-state index in [4.69, 9.17) is 0 Å². The molecule has 0 radical (unpaired) electrons. The first-order valence-electron chi connectivity index (χ1n) is 6.12. The normalized spacial score (nSPS) is 9.05. The van der Waals surface area contributed by atoms with Gasteiger partial charge in [0, 0.05) is 5.57 Å². The van der Waals surface area contributed by atoms with Crippen molar-refractivity contribution in [2.75, 3.05) is 0 Å². The van der Waals surface area contributed by atoms with Crippen LogP contribution < -0.4 is 0 Å². The van der Waals surface area contributed by atoms with Gasteiger partial charge in [0.1, 0.15) is 0 Å². The topological polar surface area (TPSA) is 52.6 Å². The summed E-state index contributed by atoms with van der Waals surface area (Å²) in [6.07, 6.45) is 0.473. The molecule has 0 heterocycles. The number of benzene rings is 2. The molecule has 4 heteroatoms. The molecule has 0 unspecified atom stereocenters. The van der Waals surface area contributed by atoms with Crippen molar-refractivity contribution >= 4 is 23.2 Å². The SMILES string of the molecule is C=C(CC)C(=O)OOC=O.c1ccc2ccccc2c1. The minimum absolute atomic E-state index is 0.0286. The molecule has 0 saturated carbocycles. The zero-order valence-corrected chi connectivity index (χ0v) is 11.2. The fourth-order valence-corrected chi connectivity index (χ4v) is 1.40. The van der Waals surface area contributed by atoms with E-state index in [-0.39, 0.29) is 12.0 Å². The zero-order valence-electron chi connectivity index (χ0n) is 11.2. The maximum atomic E-state index is 10.5. The van der Waals surface area contributed by atoms with Crippen molar-refractivity contribution in [3.05, 3.63) is 60.7 Å². The van der Waals surface area contributed by atoms with Crippen LogP contribution in [0.15, 0.2) is 60.7 Å². The second-order valence-corrected chi connectivity index (χ2v) is 3.87. The lowest BCUT2D eigenvalue weighted by Gasteiger charge is -1.97. The van der Waals surface area contributed by atoms with Gasteiger partial charge in [-0.1, -0.05) is 62.0 Å². The van der Waals surface area contributed by atoms with E-state index in [1.807, 2.05) is 0 Å². The average molecular weight is 272 g/mol. The van der Waals surface area contributed by atoms with Gasteiger partial charge < -0.3 is 0 Å². The third-order valence-electron chi connectivity index (χ3n) is 2.54. The summed E-state index contributed by atoms with van der Waals surface area (Å²) < 4.78 is 0. The van der Waals surface area contributed by atoms with Crippen molar-refractivity contribution in [3.63, 3.8) is 0 Å². The molecule has 2 aromatic rings. The van der Waals surface area contributed by atoms with Gasteiger partial charge in [-0.15, -0.1) is 0 Å². The molecule has 0 spiro atoms. The minimum Gasteiger partial charge on any atom is -0.251 e. The molecule has 0 atom stereocenters. The van der Waals surface area contributed by atoms with E-state index in [0.29, 0.717) is 6.42 Å². The molecule has 0 N–H and O–H groups in total. The van der Waals surface area contributed by atoms with E-state index in [1.165, 1.54) is 10.8 Å². The number of fused-ring (bicyclic) bond motifs is 1. The maximum absolute atomic E-state index is 10.5. The van der Waals surface area contributed by atoms with E-state index in [0.717, 1.165) is 0 Å². The number of rotatable bonds is 4. The second kappa shape index (κ2) is 8.48. The molecule has 0 aliphatic heterocycles. The molecule has 2 aromatic carbocycles. The predicted octanol–water partition coefficient (Wildman–Crippen LogP) is 3.42. The molecule has 4 nitrogen and oxygen atoms in total. The summed E-state index contributed by atoms with van der Waals surface area (Å²) in [7, 11) is 0. The van der Waals surface area contributed by atoms with E-state index in [2.05, 4.69) is 64.9 Å². The standard InChI is InChI=1S/C10H8.C6H8O4/c1-2-6-10-8-4-3-7-9(10)5-1;1-3-5(2)6(8)10-9-4-7/h1-8H;4H,2-3H2,1H3. The second-order valence-electron chi connectivity index (χ2n) is 3.87. The minimum atomic E-state index is -0.713. The summed E-state index contributed by atoms with van der Waals surface area (Å²) in [5.74, 6) is -0.713. The van der Waals surface area contributed by atoms with Gasteiger partial charge in [0.05, 0.1) is 0 Å². The fourth-order valence-electron chi connectivity index (χ4n) is 1.40. The molecule has 20 heavy (non-hydrogen) atoms. The average Bonchev–Trinajstić information content (AvgIpc) is 2.52. The van der Waals surface area contributed by atoms with Gasteiger partial charge in [0.15, 0.2) is 0 Å². The lowest BCUT2D eigenvalue weighted by Crippen LogP contribution is -2.06. The van der Waals surface area contributed by atoms with Crippen LogP contribution >= 0.6 is 0 Å². The van der Waals surface area contributed by atoms with Gasteiger partial charge in [-0.2, -0.15) is 0 Å². The van der Waals surface area contributed by atoms with Gasteiger partial charge in [-0.25, -0.2) is 9.68 Å². The summed E-state index contributed by atoms with van der Waals surface area (Å²) >= 11 is 0. The summed E-state index contributed by atoms with van der Waals surface area (Å²) in [6, 6.07) is 16.7. The molecule has 0 amide bonds. The highest BCUT2D eigenvalue weighted by Crippen LogP contribution is 2.11. The number of carbonyl (C=O) groups excluding carboxylic acids is 2.